The summed E-state index contributed by atoms with van der Waals surface area (Å²) in [6.45, 7) is 7.93. The van der Waals surface area contributed by atoms with E-state index in [1.165, 1.54) is 19.3 Å². The van der Waals surface area contributed by atoms with Crippen molar-refractivity contribution in [1.82, 2.24) is 0 Å². The Hall–Kier alpha value is -0.0400. The molecule has 0 bridgehead atoms. The van der Waals surface area contributed by atoms with Crippen molar-refractivity contribution < 1.29 is 0 Å². The van der Waals surface area contributed by atoms with Crippen LogP contribution in [0.1, 0.15) is 40.0 Å². The molecule has 12 heavy (non-hydrogen) atoms. The SMILES string of the molecule is CC1CC(C)CC(C(C)CN)C1. The molecule has 1 rings (SSSR count). The maximum Gasteiger partial charge on any atom is -0.00489 e. The van der Waals surface area contributed by atoms with Crippen molar-refractivity contribution in [3.8, 4) is 0 Å². The van der Waals surface area contributed by atoms with Gasteiger partial charge in [-0.05, 0) is 49.5 Å². The van der Waals surface area contributed by atoms with E-state index < -0.39 is 0 Å². The van der Waals surface area contributed by atoms with Gasteiger partial charge in [-0.1, -0.05) is 20.8 Å². The summed E-state index contributed by atoms with van der Waals surface area (Å²) in [5.41, 5.74) is 5.69. The minimum absolute atomic E-state index is 0.732. The molecular formula is C11H23N. The molecule has 0 aliphatic heterocycles. The highest BCUT2D eigenvalue weighted by molar-refractivity contribution is 4.78. The molecular weight excluding hydrogens is 146 g/mol. The van der Waals surface area contributed by atoms with Crippen molar-refractivity contribution in [2.75, 3.05) is 6.54 Å². The second-order valence-corrected chi connectivity index (χ2v) is 4.89. The molecule has 3 unspecified atom stereocenters. The lowest BCUT2D eigenvalue weighted by atomic mass is 9.72. The van der Waals surface area contributed by atoms with E-state index in [4.69, 9.17) is 5.73 Å². The summed E-state index contributed by atoms with van der Waals surface area (Å²) in [4.78, 5) is 0. The zero-order valence-corrected chi connectivity index (χ0v) is 8.72. The lowest BCUT2D eigenvalue weighted by Gasteiger charge is -2.34. The number of hydrogen-bond donors (Lipinski definition) is 1. The molecule has 0 aromatic heterocycles. The second-order valence-electron chi connectivity index (χ2n) is 4.89. The van der Waals surface area contributed by atoms with Crippen molar-refractivity contribution in [2.24, 2.45) is 29.4 Å². The molecule has 0 amide bonds. The summed E-state index contributed by atoms with van der Waals surface area (Å²) in [5, 5.41) is 0. The third kappa shape index (κ3) is 2.48. The van der Waals surface area contributed by atoms with E-state index in [0.29, 0.717) is 0 Å². The predicted molar refractivity (Wildman–Crippen MR) is 53.9 cm³/mol. The van der Waals surface area contributed by atoms with E-state index in [-0.39, 0.29) is 0 Å². The van der Waals surface area contributed by atoms with Crippen molar-refractivity contribution in [3.05, 3.63) is 0 Å². The minimum Gasteiger partial charge on any atom is -0.330 e. The first-order chi connectivity index (χ1) is 5.63. The van der Waals surface area contributed by atoms with Crippen LogP contribution in [0.2, 0.25) is 0 Å². The molecule has 1 aliphatic rings. The first-order valence-corrected chi connectivity index (χ1v) is 5.33. The standard InChI is InChI=1S/C11H23N/c1-8-4-9(2)6-11(5-8)10(3)7-12/h8-11H,4-7,12H2,1-3H3. The van der Waals surface area contributed by atoms with Crippen molar-refractivity contribution >= 4 is 0 Å². The van der Waals surface area contributed by atoms with Crippen molar-refractivity contribution in [2.45, 2.75) is 40.0 Å². The Morgan fingerprint density at radius 1 is 1.17 bits per heavy atom. The lowest BCUT2D eigenvalue weighted by molar-refractivity contribution is 0.171. The van der Waals surface area contributed by atoms with Gasteiger partial charge in [-0.2, -0.15) is 0 Å². The Labute approximate surface area is 76.7 Å². The van der Waals surface area contributed by atoms with Crippen LogP contribution in [0.15, 0.2) is 0 Å². The van der Waals surface area contributed by atoms with Gasteiger partial charge < -0.3 is 5.73 Å². The van der Waals surface area contributed by atoms with Gasteiger partial charge in [0.1, 0.15) is 0 Å². The van der Waals surface area contributed by atoms with Gasteiger partial charge >= 0.3 is 0 Å². The van der Waals surface area contributed by atoms with Crippen LogP contribution in [0.25, 0.3) is 0 Å². The molecule has 72 valence electrons. The lowest BCUT2D eigenvalue weighted by Crippen LogP contribution is -2.28. The first-order valence-electron chi connectivity index (χ1n) is 5.33. The van der Waals surface area contributed by atoms with E-state index in [0.717, 1.165) is 30.2 Å². The topological polar surface area (TPSA) is 26.0 Å². The van der Waals surface area contributed by atoms with Crippen LogP contribution in [0.5, 0.6) is 0 Å². The molecule has 1 heteroatoms. The predicted octanol–water partition coefficient (Wildman–Crippen LogP) is 2.65. The molecule has 2 N–H and O–H groups in total. The second kappa shape index (κ2) is 4.27. The summed E-state index contributed by atoms with van der Waals surface area (Å²) in [6, 6.07) is 0. The Kier molecular flexibility index (Phi) is 3.57. The fraction of sp³-hybridized carbons (Fsp3) is 1.00. The largest absolute Gasteiger partial charge is 0.330 e. The van der Waals surface area contributed by atoms with Gasteiger partial charge in [-0.3, -0.25) is 0 Å². The molecule has 1 saturated carbocycles. The summed E-state index contributed by atoms with van der Waals surface area (Å²) < 4.78 is 0. The normalized spacial score (nSPS) is 39.5. The fourth-order valence-corrected chi connectivity index (χ4v) is 2.67. The molecule has 0 radical (unpaired) electrons. The quantitative estimate of drug-likeness (QED) is 0.675. The van der Waals surface area contributed by atoms with E-state index in [1.807, 2.05) is 0 Å². The van der Waals surface area contributed by atoms with Crippen LogP contribution in [0, 0.1) is 23.7 Å². The Morgan fingerprint density at radius 2 is 1.67 bits per heavy atom. The molecule has 3 atom stereocenters. The van der Waals surface area contributed by atoms with E-state index >= 15 is 0 Å². The molecule has 0 heterocycles. The maximum atomic E-state index is 5.69. The highest BCUT2D eigenvalue weighted by Crippen LogP contribution is 2.36. The molecule has 1 nitrogen and oxygen atoms in total. The van der Waals surface area contributed by atoms with E-state index in [9.17, 15) is 0 Å². The van der Waals surface area contributed by atoms with Gasteiger partial charge in [0.05, 0.1) is 0 Å². The Morgan fingerprint density at radius 3 is 2.08 bits per heavy atom. The average molecular weight is 169 g/mol. The van der Waals surface area contributed by atoms with Gasteiger partial charge in [0.15, 0.2) is 0 Å². The van der Waals surface area contributed by atoms with Crippen molar-refractivity contribution in [3.63, 3.8) is 0 Å². The van der Waals surface area contributed by atoms with Gasteiger partial charge in [0, 0.05) is 0 Å². The van der Waals surface area contributed by atoms with Gasteiger partial charge in [0.2, 0.25) is 0 Å². The van der Waals surface area contributed by atoms with Crippen LogP contribution >= 0.6 is 0 Å². The van der Waals surface area contributed by atoms with Crippen LogP contribution in [-0.2, 0) is 0 Å². The van der Waals surface area contributed by atoms with E-state index in [2.05, 4.69) is 20.8 Å². The monoisotopic (exact) mass is 169 g/mol. The fourth-order valence-electron chi connectivity index (χ4n) is 2.67. The first kappa shape index (κ1) is 10.0. The van der Waals surface area contributed by atoms with Gasteiger partial charge in [-0.25, -0.2) is 0 Å². The summed E-state index contributed by atoms with van der Waals surface area (Å²) >= 11 is 0. The minimum atomic E-state index is 0.732. The van der Waals surface area contributed by atoms with Crippen LogP contribution in [0.3, 0.4) is 0 Å². The Bertz CT molecular complexity index is 123. The summed E-state index contributed by atoms with van der Waals surface area (Å²) in [6.07, 6.45) is 4.24. The molecule has 1 aliphatic carbocycles. The number of rotatable bonds is 2. The Balaban J connectivity index is 2.43. The third-order valence-corrected chi connectivity index (χ3v) is 3.39. The zero-order chi connectivity index (χ0) is 9.14. The molecule has 0 aromatic rings. The van der Waals surface area contributed by atoms with Gasteiger partial charge in [-0.15, -0.1) is 0 Å². The highest BCUT2D eigenvalue weighted by atomic mass is 14.6. The van der Waals surface area contributed by atoms with Crippen molar-refractivity contribution in [1.29, 1.82) is 0 Å². The van der Waals surface area contributed by atoms with Crippen LogP contribution in [-0.4, -0.2) is 6.54 Å². The summed E-state index contributed by atoms with van der Waals surface area (Å²) in [5.74, 6) is 3.48. The number of hydrogen-bond acceptors (Lipinski definition) is 1. The smallest absolute Gasteiger partial charge is 0.00489 e. The van der Waals surface area contributed by atoms with E-state index in [1.54, 1.807) is 0 Å². The van der Waals surface area contributed by atoms with Crippen LogP contribution < -0.4 is 5.73 Å². The highest BCUT2D eigenvalue weighted by Gasteiger charge is 2.26. The molecule has 0 saturated heterocycles. The van der Waals surface area contributed by atoms with Gasteiger partial charge in [0.25, 0.3) is 0 Å². The summed E-state index contributed by atoms with van der Waals surface area (Å²) in [7, 11) is 0. The molecule has 0 aromatic carbocycles. The third-order valence-electron chi connectivity index (χ3n) is 3.39. The average Bonchev–Trinajstić information content (AvgIpc) is 2.01. The molecule has 1 fully saturated rings. The zero-order valence-electron chi connectivity index (χ0n) is 8.72. The maximum absolute atomic E-state index is 5.69. The van der Waals surface area contributed by atoms with Crippen LogP contribution in [0.4, 0.5) is 0 Å². The number of nitrogens with two attached hydrogens (primary N) is 1. The molecule has 0 spiro atoms.